The number of aryl methyl sites for hydroxylation is 1. The number of hydrogen-bond acceptors (Lipinski definition) is 6. The molecule has 1 heterocycles. The Hall–Kier alpha value is -2.18. The van der Waals surface area contributed by atoms with Gasteiger partial charge in [0.05, 0.1) is 30.1 Å². The number of hydrogen-bond donors (Lipinski definition) is 1. The van der Waals surface area contributed by atoms with Crippen LogP contribution in [-0.4, -0.2) is 66.2 Å². The van der Waals surface area contributed by atoms with Gasteiger partial charge in [-0.1, -0.05) is 17.7 Å². The molecule has 12 heteroatoms. The molecule has 1 aliphatic heterocycles. The van der Waals surface area contributed by atoms with Crippen molar-refractivity contribution in [2.45, 2.75) is 11.8 Å². The van der Waals surface area contributed by atoms with Gasteiger partial charge in [0.25, 0.3) is 0 Å². The second-order valence-corrected chi connectivity index (χ2v) is 11.5. The van der Waals surface area contributed by atoms with Crippen molar-refractivity contribution >= 4 is 48.9 Å². The Labute approximate surface area is 193 Å². The lowest BCUT2D eigenvalue weighted by Crippen LogP contribution is -2.40. The third-order valence-corrected chi connectivity index (χ3v) is 8.34. The predicted molar refractivity (Wildman–Crippen MR) is 123 cm³/mol. The molecule has 1 saturated heterocycles. The number of sulfonamides is 2. The van der Waals surface area contributed by atoms with Crippen molar-refractivity contribution in [3.05, 3.63) is 53.1 Å². The maximum Gasteiger partial charge on any atom is 0.245 e. The third-order valence-electron chi connectivity index (χ3n) is 4.88. The van der Waals surface area contributed by atoms with Crippen LogP contribution in [0.4, 0.5) is 11.4 Å². The maximum absolute atomic E-state index is 12.8. The zero-order valence-electron chi connectivity index (χ0n) is 17.6. The first kappa shape index (κ1) is 24.5. The average molecular weight is 502 g/mol. The maximum atomic E-state index is 12.8. The molecule has 1 amide bonds. The fourth-order valence-corrected chi connectivity index (χ4v) is 5.57. The van der Waals surface area contributed by atoms with Gasteiger partial charge in [-0.2, -0.15) is 4.31 Å². The Kier molecular flexibility index (Phi) is 7.46. The highest BCUT2D eigenvalue weighted by atomic mass is 35.5. The van der Waals surface area contributed by atoms with Crippen LogP contribution in [0.3, 0.4) is 0 Å². The van der Waals surface area contributed by atoms with Crippen LogP contribution in [0, 0.1) is 6.92 Å². The second-order valence-electron chi connectivity index (χ2n) is 7.29. The zero-order valence-corrected chi connectivity index (χ0v) is 20.0. The number of nitrogens with zero attached hydrogens (tertiary/aromatic N) is 2. The molecule has 2 aromatic carbocycles. The number of halogens is 1. The van der Waals surface area contributed by atoms with E-state index in [0.717, 1.165) is 16.1 Å². The van der Waals surface area contributed by atoms with E-state index in [1.54, 1.807) is 18.2 Å². The Morgan fingerprint density at radius 3 is 2.28 bits per heavy atom. The van der Waals surface area contributed by atoms with Crippen molar-refractivity contribution in [2.75, 3.05) is 48.7 Å². The molecule has 1 fully saturated rings. The summed E-state index contributed by atoms with van der Waals surface area (Å²) in [7, 11) is -7.54. The molecule has 0 atom stereocenters. The average Bonchev–Trinajstić information content (AvgIpc) is 2.74. The number of benzene rings is 2. The van der Waals surface area contributed by atoms with E-state index in [-0.39, 0.29) is 23.7 Å². The lowest BCUT2D eigenvalue weighted by atomic mass is 10.2. The molecule has 1 aliphatic rings. The van der Waals surface area contributed by atoms with E-state index in [9.17, 15) is 21.6 Å². The minimum absolute atomic E-state index is 0.0374. The van der Waals surface area contributed by atoms with Crippen molar-refractivity contribution in [2.24, 2.45) is 0 Å². The number of ether oxygens (including phenoxy) is 1. The summed E-state index contributed by atoms with van der Waals surface area (Å²) in [6.07, 6.45) is 0.974. The van der Waals surface area contributed by atoms with Crippen molar-refractivity contribution in [3.63, 3.8) is 0 Å². The first-order valence-electron chi connectivity index (χ1n) is 9.70. The Morgan fingerprint density at radius 1 is 1.09 bits per heavy atom. The number of morpholine rings is 1. The summed E-state index contributed by atoms with van der Waals surface area (Å²) in [5, 5.41) is 3.09. The van der Waals surface area contributed by atoms with E-state index < -0.39 is 32.5 Å². The van der Waals surface area contributed by atoms with Gasteiger partial charge in [0, 0.05) is 23.8 Å². The minimum atomic E-state index is -3.82. The molecule has 1 N–H and O–H groups in total. The standard InChI is InChI=1S/C20H24ClN3O6S2/c1-15-3-4-16(13-19(15)21)22-20(25)14-24(31(2,26)27)17-5-7-18(8-6-17)32(28,29)23-9-11-30-12-10-23/h3-8,13H,9-12,14H2,1-2H3,(H,22,25). The molecule has 0 radical (unpaired) electrons. The van der Waals surface area contributed by atoms with E-state index in [0.29, 0.717) is 23.9 Å². The monoisotopic (exact) mass is 501 g/mol. The highest BCUT2D eigenvalue weighted by molar-refractivity contribution is 7.92. The molecule has 0 aliphatic carbocycles. The number of nitrogens with one attached hydrogen (secondary N) is 1. The van der Waals surface area contributed by atoms with E-state index >= 15 is 0 Å². The van der Waals surface area contributed by atoms with Crippen LogP contribution in [0.2, 0.25) is 5.02 Å². The van der Waals surface area contributed by atoms with Crippen molar-refractivity contribution in [1.29, 1.82) is 0 Å². The number of carbonyl (C=O) groups is 1. The molecule has 0 unspecified atom stereocenters. The minimum Gasteiger partial charge on any atom is -0.379 e. The van der Waals surface area contributed by atoms with Crippen LogP contribution in [0.25, 0.3) is 0 Å². The number of rotatable bonds is 7. The Balaban J connectivity index is 1.78. The quantitative estimate of drug-likeness (QED) is 0.621. The van der Waals surface area contributed by atoms with E-state index in [2.05, 4.69) is 5.32 Å². The fourth-order valence-electron chi connectivity index (χ4n) is 3.12. The molecule has 0 saturated carbocycles. The van der Waals surface area contributed by atoms with Crippen LogP contribution in [0.5, 0.6) is 0 Å². The van der Waals surface area contributed by atoms with Gasteiger partial charge in [0.2, 0.25) is 26.0 Å². The van der Waals surface area contributed by atoms with Crippen LogP contribution in [0.15, 0.2) is 47.4 Å². The van der Waals surface area contributed by atoms with Crippen LogP contribution in [0.1, 0.15) is 5.56 Å². The van der Waals surface area contributed by atoms with Gasteiger partial charge in [-0.25, -0.2) is 16.8 Å². The van der Waals surface area contributed by atoms with Gasteiger partial charge in [-0.3, -0.25) is 9.10 Å². The summed E-state index contributed by atoms with van der Waals surface area (Å²) >= 11 is 6.06. The summed E-state index contributed by atoms with van der Waals surface area (Å²) in [5.74, 6) is -0.569. The van der Waals surface area contributed by atoms with E-state index in [1.807, 2.05) is 6.92 Å². The number of anilines is 2. The molecule has 174 valence electrons. The van der Waals surface area contributed by atoms with Gasteiger partial charge in [0.1, 0.15) is 6.54 Å². The smallest absolute Gasteiger partial charge is 0.245 e. The number of carbonyl (C=O) groups excluding carboxylic acids is 1. The normalized spacial score (nSPS) is 15.3. The summed E-state index contributed by atoms with van der Waals surface area (Å²) in [6.45, 7) is 2.48. The lowest BCUT2D eigenvalue weighted by molar-refractivity contribution is -0.114. The fraction of sp³-hybridized carbons (Fsp3) is 0.350. The van der Waals surface area contributed by atoms with Gasteiger partial charge < -0.3 is 10.1 Å². The van der Waals surface area contributed by atoms with Gasteiger partial charge in [-0.15, -0.1) is 0 Å². The largest absolute Gasteiger partial charge is 0.379 e. The van der Waals surface area contributed by atoms with Crippen molar-refractivity contribution < 1.29 is 26.4 Å². The van der Waals surface area contributed by atoms with Crippen molar-refractivity contribution in [1.82, 2.24) is 4.31 Å². The molecule has 0 spiro atoms. The molecular weight excluding hydrogens is 478 g/mol. The first-order valence-corrected chi connectivity index (χ1v) is 13.4. The molecule has 9 nitrogen and oxygen atoms in total. The molecule has 0 aromatic heterocycles. The third kappa shape index (κ3) is 5.78. The van der Waals surface area contributed by atoms with Crippen LogP contribution >= 0.6 is 11.6 Å². The van der Waals surface area contributed by atoms with Crippen LogP contribution < -0.4 is 9.62 Å². The Bertz CT molecular complexity index is 1190. The Morgan fingerprint density at radius 2 is 1.72 bits per heavy atom. The predicted octanol–water partition coefficient (Wildman–Crippen LogP) is 2.07. The van der Waals surface area contributed by atoms with Gasteiger partial charge in [-0.05, 0) is 48.9 Å². The molecule has 32 heavy (non-hydrogen) atoms. The number of amides is 1. The zero-order chi connectivity index (χ0) is 23.5. The van der Waals surface area contributed by atoms with E-state index in [4.69, 9.17) is 16.3 Å². The summed E-state index contributed by atoms with van der Waals surface area (Å²) in [5.41, 5.74) is 1.45. The van der Waals surface area contributed by atoms with E-state index in [1.165, 1.54) is 28.6 Å². The van der Waals surface area contributed by atoms with Crippen molar-refractivity contribution in [3.8, 4) is 0 Å². The molecule has 0 bridgehead atoms. The summed E-state index contributed by atoms with van der Waals surface area (Å²) in [4.78, 5) is 12.5. The summed E-state index contributed by atoms with van der Waals surface area (Å²) < 4.78 is 57.6. The second kappa shape index (κ2) is 9.75. The highest BCUT2D eigenvalue weighted by Crippen LogP contribution is 2.24. The molecule has 3 rings (SSSR count). The van der Waals surface area contributed by atoms with Crippen LogP contribution in [-0.2, 0) is 29.6 Å². The lowest BCUT2D eigenvalue weighted by Gasteiger charge is -2.26. The SMILES string of the molecule is Cc1ccc(NC(=O)CN(c2ccc(S(=O)(=O)N3CCOCC3)cc2)S(C)(=O)=O)cc1Cl. The topological polar surface area (TPSA) is 113 Å². The molecule has 2 aromatic rings. The van der Waals surface area contributed by atoms with Gasteiger partial charge >= 0.3 is 0 Å². The highest BCUT2D eigenvalue weighted by Gasteiger charge is 2.27. The summed E-state index contributed by atoms with van der Waals surface area (Å²) in [6, 6.07) is 10.4. The van der Waals surface area contributed by atoms with Gasteiger partial charge in [0.15, 0.2) is 0 Å². The first-order chi connectivity index (χ1) is 15.0. The molecular formula is C20H24ClN3O6S2.